The minimum absolute atomic E-state index is 0.0698. The van der Waals surface area contributed by atoms with E-state index in [4.69, 9.17) is 15.0 Å². The Morgan fingerprint density at radius 1 is 0.438 bits per heavy atom. The van der Waals surface area contributed by atoms with Crippen LogP contribution in [0, 0.1) is 0 Å². The molecule has 5 aromatic carbocycles. The fourth-order valence-electron chi connectivity index (χ4n) is 8.33. The summed E-state index contributed by atoms with van der Waals surface area (Å²) in [5.41, 5.74) is 15.8. The van der Waals surface area contributed by atoms with Crippen LogP contribution in [-0.2, 0) is 10.8 Å². The van der Waals surface area contributed by atoms with Gasteiger partial charge in [0.2, 0.25) is 0 Å². The number of benzene rings is 5. The van der Waals surface area contributed by atoms with Gasteiger partial charge in [0.25, 0.3) is 0 Å². The lowest BCUT2D eigenvalue weighted by atomic mass is 9.80. The summed E-state index contributed by atoms with van der Waals surface area (Å²) in [6.07, 6.45) is 7.05. The second-order valence-corrected chi connectivity index (χ2v) is 14.3. The minimum atomic E-state index is -0.192. The van der Waals surface area contributed by atoms with E-state index in [2.05, 4.69) is 149 Å². The van der Waals surface area contributed by atoms with Gasteiger partial charge < -0.3 is 0 Å². The molecule has 1 heterocycles. The van der Waals surface area contributed by atoms with Crippen molar-refractivity contribution in [2.75, 3.05) is 0 Å². The quantitative estimate of drug-likeness (QED) is 0.197. The molecular formula is C45H37N3. The molecule has 0 aliphatic heterocycles. The molecule has 1 aromatic heterocycles. The third kappa shape index (κ3) is 4.30. The maximum atomic E-state index is 5.28. The second-order valence-electron chi connectivity index (χ2n) is 14.3. The van der Waals surface area contributed by atoms with E-state index in [-0.39, 0.29) is 10.8 Å². The van der Waals surface area contributed by atoms with Gasteiger partial charge in [-0.3, -0.25) is 0 Å². The lowest BCUT2D eigenvalue weighted by Crippen LogP contribution is -2.17. The Kier molecular flexibility index (Phi) is 6.33. The van der Waals surface area contributed by atoms with E-state index >= 15 is 0 Å². The molecule has 3 aliphatic rings. The van der Waals surface area contributed by atoms with Crippen molar-refractivity contribution in [1.29, 1.82) is 0 Å². The zero-order valence-electron chi connectivity index (χ0n) is 27.9. The van der Waals surface area contributed by atoms with Crippen molar-refractivity contribution in [3.05, 3.63) is 155 Å². The average Bonchev–Trinajstić information content (AvgIpc) is 3.51. The number of rotatable bonds is 4. The molecule has 0 N–H and O–H groups in total. The number of nitrogens with zero attached hydrogens (tertiary/aromatic N) is 3. The first-order chi connectivity index (χ1) is 23.3. The molecule has 6 aromatic rings. The summed E-state index contributed by atoms with van der Waals surface area (Å²) in [7, 11) is 0. The normalized spacial score (nSPS) is 16.3. The molecule has 0 bridgehead atoms. The lowest BCUT2D eigenvalue weighted by Gasteiger charge is -2.24. The zero-order chi connectivity index (χ0) is 32.6. The number of hydrogen-bond donors (Lipinski definition) is 0. The standard InChI is InChI=1S/C45H37N3/c1-44(2)37-19-10-8-15-32(37)34-26-25-31(27-39(34)44)42-46-41(30-23-21-29(22-24-30)28-13-6-5-7-14-28)47-43(48-42)36-18-12-17-35-33-16-9-11-20-38(33)45(3,4)40(35)36/h5-7,9,11-27H,8,10H2,1-4H3. The summed E-state index contributed by atoms with van der Waals surface area (Å²) in [5.74, 6) is 2.09. The van der Waals surface area contributed by atoms with E-state index in [1.807, 2.05) is 6.07 Å². The maximum Gasteiger partial charge on any atom is 0.164 e. The minimum Gasteiger partial charge on any atom is -0.208 e. The largest absolute Gasteiger partial charge is 0.208 e. The Bertz CT molecular complexity index is 2320. The molecule has 0 amide bonds. The number of hydrogen-bond acceptors (Lipinski definition) is 3. The Hall–Kier alpha value is -5.41. The Morgan fingerprint density at radius 3 is 1.85 bits per heavy atom. The monoisotopic (exact) mass is 619 g/mol. The van der Waals surface area contributed by atoms with Gasteiger partial charge in [-0.2, -0.15) is 0 Å². The van der Waals surface area contributed by atoms with Crippen molar-refractivity contribution >= 4 is 5.57 Å². The van der Waals surface area contributed by atoms with Crippen LogP contribution in [0.15, 0.2) is 133 Å². The van der Waals surface area contributed by atoms with Crippen molar-refractivity contribution in [3.63, 3.8) is 0 Å². The van der Waals surface area contributed by atoms with Crippen LogP contribution in [0.2, 0.25) is 0 Å². The van der Waals surface area contributed by atoms with Gasteiger partial charge >= 0.3 is 0 Å². The van der Waals surface area contributed by atoms with Crippen LogP contribution in [0.3, 0.4) is 0 Å². The van der Waals surface area contributed by atoms with Crippen molar-refractivity contribution < 1.29 is 0 Å². The smallest absolute Gasteiger partial charge is 0.164 e. The van der Waals surface area contributed by atoms with E-state index in [9.17, 15) is 0 Å². The van der Waals surface area contributed by atoms with Gasteiger partial charge in [0.1, 0.15) is 0 Å². The zero-order valence-corrected chi connectivity index (χ0v) is 27.9. The van der Waals surface area contributed by atoms with Gasteiger partial charge in [-0.25, -0.2) is 15.0 Å². The fourth-order valence-corrected chi connectivity index (χ4v) is 8.33. The summed E-state index contributed by atoms with van der Waals surface area (Å²) in [6.45, 7) is 9.33. The summed E-state index contributed by atoms with van der Waals surface area (Å²) in [5, 5.41) is 0. The number of allylic oxidation sites excluding steroid dienone is 4. The van der Waals surface area contributed by atoms with Crippen molar-refractivity contribution in [1.82, 2.24) is 15.0 Å². The average molecular weight is 620 g/mol. The first kappa shape index (κ1) is 28.8. The molecule has 0 fully saturated rings. The Balaban J connectivity index is 1.23. The summed E-state index contributed by atoms with van der Waals surface area (Å²) < 4.78 is 0. The van der Waals surface area contributed by atoms with Gasteiger partial charge in [0.05, 0.1) is 0 Å². The third-order valence-electron chi connectivity index (χ3n) is 10.8. The van der Waals surface area contributed by atoms with Crippen LogP contribution >= 0.6 is 0 Å². The Labute approximate surface area is 282 Å². The second kappa shape index (κ2) is 10.6. The molecule has 0 atom stereocenters. The summed E-state index contributed by atoms with van der Waals surface area (Å²) in [6, 6.07) is 41.2. The van der Waals surface area contributed by atoms with Crippen LogP contribution in [-0.4, -0.2) is 15.0 Å². The van der Waals surface area contributed by atoms with Gasteiger partial charge in [0.15, 0.2) is 17.5 Å². The molecule has 0 saturated heterocycles. The van der Waals surface area contributed by atoms with Gasteiger partial charge in [0, 0.05) is 27.5 Å². The van der Waals surface area contributed by atoms with Crippen molar-refractivity contribution in [2.24, 2.45) is 0 Å². The number of fused-ring (bicyclic) bond motifs is 6. The lowest BCUT2D eigenvalue weighted by molar-refractivity contribution is 0.654. The van der Waals surface area contributed by atoms with Crippen LogP contribution in [0.4, 0.5) is 0 Å². The van der Waals surface area contributed by atoms with Crippen LogP contribution in [0.25, 0.3) is 62.0 Å². The highest BCUT2D eigenvalue weighted by Crippen LogP contribution is 2.53. The van der Waals surface area contributed by atoms with Crippen LogP contribution in [0.5, 0.6) is 0 Å². The van der Waals surface area contributed by atoms with Gasteiger partial charge in [-0.15, -0.1) is 0 Å². The molecule has 232 valence electrons. The van der Waals surface area contributed by atoms with Gasteiger partial charge in [-0.1, -0.05) is 149 Å². The first-order valence-corrected chi connectivity index (χ1v) is 17.0. The SMILES string of the molecule is CC1(C)C2=CCCC=C2c2ccc(-c3nc(-c4ccc(-c5ccccc5)cc4)nc(-c4cccc5c4C(C)(C)c4ccccc4-5)n3)cc21. The Morgan fingerprint density at radius 2 is 1.04 bits per heavy atom. The molecule has 0 radical (unpaired) electrons. The summed E-state index contributed by atoms with van der Waals surface area (Å²) >= 11 is 0. The fraction of sp³-hybridized carbons (Fsp3) is 0.178. The van der Waals surface area contributed by atoms with Crippen molar-refractivity contribution in [2.45, 2.75) is 51.4 Å². The highest BCUT2D eigenvalue weighted by atomic mass is 15.0. The van der Waals surface area contributed by atoms with E-state index in [1.54, 1.807) is 0 Å². The molecule has 0 spiro atoms. The van der Waals surface area contributed by atoms with E-state index < -0.39 is 0 Å². The van der Waals surface area contributed by atoms with Crippen molar-refractivity contribution in [3.8, 4) is 56.4 Å². The molecule has 3 aliphatic carbocycles. The highest BCUT2D eigenvalue weighted by molar-refractivity contribution is 5.91. The van der Waals surface area contributed by atoms with E-state index in [0.717, 1.165) is 29.5 Å². The highest BCUT2D eigenvalue weighted by Gasteiger charge is 2.40. The predicted octanol–water partition coefficient (Wildman–Crippen LogP) is 11.2. The van der Waals surface area contributed by atoms with E-state index in [0.29, 0.717) is 17.5 Å². The molecule has 0 saturated carbocycles. The van der Waals surface area contributed by atoms with Crippen LogP contribution < -0.4 is 0 Å². The van der Waals surface area contributed by atoms with Crippen LogP contribution in [0.1, 0.15) is 62.8 Å². The molecule has 3 heteroatoms. The molecule has 9 rings (SSSR count). The maximum absolute atomic E-state index is 5.28. The van der Waals surface area contributed by atoms with Gasteiger partial charge in [-0.05, 0) is 74.6 Å². The van der Waals surface area contributed by atoms with E-state index in [1.165, 1.54) is 55.7 Å². The summed E-state index contributed by atoms with van der Waals surface area (Å²) in [4.78, 5) is 15.7. The molecule has 48 heavy (non-hydrogen) atoms. The third-order valence-corrected chi connectivity index (χ3v) is 10.8. The molecular weight excluding hydrogens is 583 g/mol. The molecule has 0 unspecified atom stereocenters. The molecule has 3 nitrogen and oxygen atoms in total. The topological polar surface area (TPSA) is 38.7 Å². The number of aromatic nitrogens is 3. The first-order valence-electron chi connectivity index (χ1n) is 17.0. The predicted molar refractivity (Wildman–Crippen MR) is 197 cm³/mol.